The van der Waals surface area contributed by atoms with Crippen LogP contribution in [-0.2, 0) is 0 Å². The van der Waals surface area contributed by atoms with Crippen LogP contribution < -0.4 is 15.0 Å². The Bertz CT molecular complexity index is 669. The molecule has 0 saturated heterocycles. The molecule has 1 heterocycles. The van der Waals surface area contributed by atoms with E-state index in [-0.39, 0.29) is 11.0 Å². The van der Waals surface area contributed by atoms with E-state index in [1.807, 2.05) is 0 Å². The summed E-state index contributed by atoms with van der Waals surface area (Å²) in [5.41, 5.74) is 0.514. The summed E-state index contributed by atoms with van der Waals surface area (Å²) in [7, 11) is 0. The van der Waals surface area contributed by atoms with Crippen LogP contribution in [0.25, 0.3) is 10.3 Å². The molecule has 1 N–H and O–H groups in total. The molecule has 106 valence electrons. The highest BCUT2D eigenvalue weighted by atomic mass is 32.1. The maximum Gasteiger partial charge on any atom is 0.412 e. The minimum atomic E-state index is -0.438. The van der Waals surface area contributed by atoms with Crippen LogP contribution in [0.5, 0.6) is 5.75 Å². The molecule has 1 fully saturated rings. The lowest BCUT2D eigenvalue weighted by atomic mass is 9.96. The predicted molar refractivity (Wildman–Crippen MR) is 76.4 cm³/mol. The topological polar surface area (TPSA) is 68.5 Å². The highest BCUT2D eigenvalue weighted by Gasteiger charge is 2.17. The van der Waals surface area contributed by atoms with E-state index >= 15 is 0 Å². The van der Waals surface area contributed by atoms with Crippen LogP contribution >= 0.6 is 11.3 Å². The normalized spacial score (nSPS) is 16.2. The number of amides is 1. The SMILES string of the molecule is O=C(NC1CCCCC1)Oc1ccc2oc(=O)sc2c1. The summed E-state index contributed by atoms with van der Waals surface area (Å²) < 4.78 is 10.9. The Hall–Kier alpha value is -1.82. The average Bonchev–Trinajstić information content (AvgIpc) is 2.79. The third-order valence-electron chi connectivity index (χ3n) is 3.44. The van der Waals surface area contributed by atoms with Gasteiger partial charge in [0, 0.05) is 12.1 Å². The van der Waals surface area contributed by atoms with Crippen molar-refractivity contribution < 1.29 is 13.9 Å². The van der Waals surface area contributed by atoms with Crippen LogP contribution in [0.1, 0.15) is 32.1 Å². The first kappa shape index (κ1) is 13.2. The van der Waals surface area contributed by atoms with Crippen LogP contribution in [0, 0.1) is 0 Å². The van der Waals surface area contributed by atoms with Gasteiger partial charge in [0.25, 0.3) is 0 Å². The lowest BCUT2D eigenvalue weighted by molar-refractivity contribution is 0.192. The van der Waals surface area contributed by atoms with Gasteiger partial charge in [-0.05, 0) is 25.0 Å². The molecular weight excluding hydrogens is 278 g/mol. The molecule has 0 bridgehead atoms. The summed E-state index contributed by atoms with van der Waals surface area (Å²) in [5, 5.41) is 2.88. The highest BCUT2D eigenvalue weighted by molar-refractivity contribution is 7.16. The Labute approximate surface area is 119 Å². The van der Waals surface area contributed by atoms with Gasteiger partial charge >= 0.3 is 11.0 Å². The van der Waals surface area contributed by atoms with Crippen molar-refractivity contribution in [1.82, 2.24) is 5.32 Å². The molecule has 1 saturated carbocycles. The van der Waals surface area contributed by atoms with Gasteiger partial charge in [-0.2, -0.15) is 0 Å². The molecule has 1 aliphatic rings. The van der Waals surface area contributed by atoms with Gasteiger partial charge in [0.15, 0.2) is 0 Å². The van der Waals surface area contributed by atoms with E-state index in [1.54, 1.807) is 18.2 Å². The van der Waals surface area contributed by atoms with Crippen molar-refractivity contribution in [1.29, 1.82) is 0 Å². The van der Waals surface area contributed by atoms with Gasteiger partial charge in [-0.25, -0.2) is 9.59 Å². The van der Waals surface area contributed by atoms with Gasteiger partial charge < -0.3 is 14.5 Å². The Morgan fingerprint density at radius 2 is 2.10 bits per heavy atom. The first-order chi connectivity index (χ1) is 9.70. The number of nitrogens with one attached hydrogen (secondary N) is 1. The van der Waals surface area contributed by atoms with Crippen molar-refractivity contribution in [2.75, 3.05) is 0 Å². The molecule has 0 unspecified atom stereocenters. The second-order valence-electron chi connectivity index (χ2n) is 4.93. The third kappa shape index (κ3) is 3.01. The van der Waals surface area contributed by atoms with E-state index in [2.05, 4.69) is 5.32 Å². The third-order valence-corrected chi connectivity index (χ3v) is 4.23. The quantitative estimate of drug-likeness (QED) is 0.922. The zero-order chi connectivity index (χ0) is 13.9. The molecule has 0 radical (unpaired) electrons. The first-order valence-corrected chi connectivity index (χ1v) is 7.54. The molecule has 2 aromatic rings. The highest BCUT2D eigenvalue weighted by Crippen LogP contribution is 2.23. The molecule has 1 amide bonds. The molecule has 0 aliphatic heterocycles. The number of carbonyl (C=O) groups excluding carboxylic acids is 1. The van der Waals surface area contributed by atoms with Crippen molar-refractivity contribution >= 4 is 27.7 Å². The monoisotopic (exact) mass is 293 g/mol. The van der Waals surface area contributed by atoms with Gasteiger partial charge in [0.1, 0.15) is 11.3 Å². The number of benzene rings is 1. The number of fused-ring (bicyclic) bond motifs is 1. The fourth-order valence-corrected chi connectivity index (χ4v) is 3.16. The molecule has 1 aromatic carbocycles. The minimum Gasteiger partial charge on any atom is -0.414 e. The Morgan fingerprint density at radius 1 is 1.30 bits per heavy atom. The summed E-state index contributed by atoms with van der Waals surface area (Å²) in [6.07, 6.45) is 5.13. The van der Waals surface area contributed by atoms with Crippen LogP contribution in [0.3, 0.4) is 0 Å². The second-order valence-corrected chi connectivity index (χ2v) is 5.91. The van der Waals surface area contributed by atoms with Gasteiger partial charge in [-0.1, -0.05) is 30.6 Å². The van der Waals surface area contributed by atoms with Crippen molar-refractivity contribution in [2.45, 2.75) is 38.1 Å². The second kappa shape index (κ2) is 5.66. The van der Waals surface area contributed by atoms with E-state index in [9.17, 15) is 9.59 Å². The Kier molecular flexibility index (Phi) is 3.73. The van der Waals surface area contributed by atoms with Gasteiger partial charge in [0.2, 0.25) is 0 Å². The average molecular weight is 293 g/mol. The van der Waals surface area contributed by atoms with Crippen LogP contribution in [0.2, 0.25) is 0 Å². The van der Waals surface area contributed by atoms with E-state index < -0.39 is 6.09 Å². The molecule has 6 heteroatoms. The molecule has 20 heavy (non-hydrogen) atoms. The smallest absolute Gasteiger partial charge is 0.412 e. The van der Waals surface area contributed by atoms with Gasteiger partial charge in [-0.15, -0.1) is 0 Å². The van der Waals surface area contributed by atoms with Crippen molar-refractivity contribution in [3.05, 3.63) is 27.9 Å². The first-order valence-electron chi connectivity index (χ1n) is 6.73. The van der Waals surface area contributed by atoms with Crippen molar-refractivity contribution in [3.8, 4) is 5.75 Å². The van der Waals surface area contributed by atoms with Gasteiger partial charge in [0.05, 0.1) is 4.70 Å². The number of ether oxygens (including phenoxy) is 1. The predicted octanol–water partition coefficient (Wildman–Crippen LogP) is 3.28. The fourth-order valence-electron chi connectivity index (χ4n) is 2.47. The summed E-state index contributed by atoms with van der Waals surface area (Å²) in [4.78, 5) is 22.6. The molecule has 0 atom stereocenters. The Morgan fingerprint density at radius 3 is 2.90 bits per heavy atom. The van der Waals surface area contributed by atoms with E-state index in [0.717, 1.165) is 37.0 Å². The zero-order valence-electron chi connectivity index (χ0n) is 10.9. The summed E-state index contributed by atoms with van der Waals surface area (Å²) in [5.74, 6) is 0.419. The maximum atomic E-state index is 11.8. The zero-order valence-corrected chi connectivity index (χ0v) is 11.7. The van der Waals surface area contributed by atoms with Crippen LogP contribution in [0.15, 0.2) is 27.4 Å². The minimum absolute atomic E-state index is 0.213. The maximum absolute atomic E-state index is 11.8. The summed E-state index contributed by atoms with van der Waals surface area (Å²) in [6.45, 7) is 0. The molecule has 1 aliphatic carbocycles. The van der Waals surface area contributed by atoms with Gasteiger partial charge in [-0.3, -0.25) is 0 Å². The number of hydrogen-bond donors (Lipinski definition) is 1. The molecule has 0 spiro atoms. The van der Waals surface area contributed by atoms with E-state index in [4.69, 9.17) is 9.15 Å². The number of rotatable bonds is 2. The number of hydrogen-bond acceptors (Lipinski definition) is 5. The van der Waals surface area contributed by atoms with E-state index in [0.29, 0.717) is 16.0 Å². The van der Waals surface area contributed by atoms with E-state index in [1.165, 1.54) is 6.42 Å². The summed E-state index contributed by atoms with van der Waals surface area (Å²) in [6, 6.07) is 5.12. The lowest BCUT2D eigenvalue weighted by Gasteiger charge is -2.22. The van der Waals surface area contributed by atoms with Crippen molar-refractivity contribution in [2.24, 2.45) is 0 Å². The molecule has 5 nitrogen and oxygen atoms in total. The largest absolute Gasteiger partial charge is 0.414 e. The lowest BCUT2D eigenvalue weighted by Crippen LogP contribution is -2.37. The standard InChI is InChI=1S/C14H15NO4S/c16-13(15-9-4-2-1-3-5-9)18-10-6-7-11-12(8-10)20-14(17)19-11/h6-9H,1-5H2,(H,15,16). The van der Waals surface area contributed by atoms with Crippen LogP contribution in [-0.4, -0.2) is 12.1 Å². The molecule has 3 rings (SSSR count). The van der Waals surface area contributed by atoms with Crippen molar-refractivity contribution in [3.63, 3.8) is 0 Å². The molecule has 1 aromatic heterocycles. The molecular formula is C14H15NO4S. The fraction of sp³-hybridized carbons (Fsp3) is 0.429. The Balaban J connectivity index is 1.65. The van der Waals surface area contributed by atoms with Crippen LogP contribution in [0.4, 0.5) is 4.79 Å². The summed E-state index contributed by atoms with van der Waals surface area (Å²) >= 11 is 0.995. The number of carbonyl (C=O) groups is 1.